The number of halogens is 1. The quantitative estimate of drug-likeness (QED) is 0.758. The molecule has 130 valence electrons. The number of rotatable bonds is 5. The van der Waals surface area contributed by atoms with Crippen LogP contribution in [0.1, 0.15) is 20.9 Å². The lowest BCUT2D eigenvalue weighted by Crippen LogP contribution is -2.31. The topological polar surface area (TPSA) is 75.4 Å². The summed E-state index contributed by atoms with van der Waals surface area (Å²) in [4.78, 5) is 25.6. The molecule has 2 heterocycles. The second-order valence-electron chi connectivity index (χ2n) is 5.75. The van der Waals surface area contributed by atoms with Gasteiger partial charge in [0.2, 0.25) is 0 Å². The monoisotopic (exact) mass is 361 g/mol. The molecule has 0 saturated heterocycles. The van der Waals surface area contributed by atoms with Crippen LogP contribution in [-0.2, 0) is 11.3 Å². The summed E-state index contributed by atoms with van der Waals surface area (Å²) < 4.78 is 14.8. The Labute approximate surface area is 147 Å². The van der Waals surface area contributed by atoms with Gasteiger partial charge in [-0.15, -0.1) is 11.3 Å². The molecule has 6 nitrogen and oxygen atoms in total. The molecule has 0 bridgehead atoms. The summed E-state index contributed by atoms with van der Waals surface area (Å²) >= 11 is 1.27. The second-order valence-corrected chi connectivity index (χ2v) is 6.78. The molecule has 0 atom stereocenters. The van der Waals surface area contributed by atoms with Crippen LogP contribution in [0.3, 0.4) is 0 Å². The molecule has 2 aromatic heterocycles. The summed E-state index contributed by atoms with van der Waals surface area (Å²) in [6, 6.07) is 7.92. The zero-order valence-corrected chi connectivity index (χ0v) is 14.5. The van der Waals surface area contributed by atoms with Crippen molar-refractivity contribution in [1.82, 2.24) is 14.7 Å². The van der Waals surface area contributed by atoms with E-state index in [0.29, 0.717) is 11.4 Å². The standard InChI is InChI=1S/C17H16FN3O3S/c1-10-13-7-14(16(24)20(2)9-15(22)23)25-17(13)21(19-10)8-11-3-5-12(18)6-4-11/h3-7H,8-9H2,1-2H3,(H,22,23). The lowest BCUT2D eigenvalue weighted by atomic mass is 10.2. The molecular formula is C17H16FN3O3S. The molecule has 0 spiro atoms. The number of fused-ring (bicyclic) bond motifs is 1. The Morgan fingerprint density at radius 3 is 2.64 bits per heavy atom. The summed E-state index contributed by atoms with van der Waals surface area (Å²) in [7, 11) is 1.46. The number of carboxylic acid groups (broad SMARTS) is 1. The molecule has 0 radical (unpaired) electrons. The van der Waals surface area contributed by atoms with Gasteiger partial charge in [-0.25, -0.2) is 4.39 Å². The van der Waals surface area contributed by atoms with Gasteiger partial charge in [-0.2, -0.15) is 5.10 Å². The summed E-state index contributed by atoms with van der Waals surface area (Å²) in [5, 5.41) is 14.2. The third-order valence-electron chi connectivity index (χ3n) is 3.78. The van der Waals surface area contributed by atoms with Gasteiger partial charge >= 0.3 is 5.97 Å². The molecule has 3 rings (SSSR count). The van der Waals surface area contributed by atoms with E-state index in [1.807, 2.05) is 6.92 Å². The van der Waals surface area contributed by atoms with E-state index in [2.05, 4.69) is 5.10 Å². The first kappa shape index (κ1) is 17.1. The molecule has 1 amide bonds. The van der Waals surface area contributed by atoms with Crippen molar-refractivity contribution >= 4 is 33.4 Å². The van der Waals surface area contributed by atoms with Crippen molar-refractivity contribution in [1.29, 1.82) is 0 Å². The van der Waals surface area contributed by atoms with Gasteiger partial charge in [-0.3, -0.25) is 14.3 Å². The van der Waals surface area contributed by atoms with Gasteiger partial charge < -0.3 is 10.0 Å². The number of carbonyl (C=O) groups excluding carboxylic acids is 1. The van der Waals surface area contributed by atoms with Crippen molar-refractivity contribution in [2.24, 2.45) is 0 Å². The van der Waals surface area contributed by atoms with E-state index in [0.717, 1.165) is 21.5 Å². The minimum absolute atomic E-state index is 0.295. The molecule has 0 aliphatic carbocycles. The number of hydrogen-bond acceptors (Lipinski definition) is 4. The fourth-order valence-electron chi connectivity index (χ4n) is 2.55. The molecule has 0 fully saturated rings. The minimum atomic E-state index is -1.06. The Morgan fingerprint density at radius 2 is 2.00 bits per heavy atom. The molecule has 1 aromatic carbocycles. The summed E-state index contributed by atoms with van der Waals surface area (Å²) in [5.41, 5.74) is 1.68. The number of hydrogen-bond donors (Lipinski definition) is 1. The predicted octanol–water partition coefficient (Wildman–Crippen LogP) is 2.75. The number of aliphatic carboxylic acids is 1. The molecule has 25 heavy (non-hydrogen) atoms. The van der Waals surface area contributed by atoms with Crippen LogP contribution in [0.25, 0.3) is 10.2 Å². The van der Waals surface area contributed by atoms with Gasteiger partial charge in [0.15, 0.2) is 0 Å². The second kappa shape index (κ2) is 6.64. The third-order valence-corrected chi connectivity index (χ3v) is 4.92. The third kappa shape index (κ3) is 3.53. The van der Waals surface area contributed by atoms with Gasteiger partial charge in [-0.1, -0.05) is 12.1 Å². The predicted molar refractivity (Wildman–Crippen MR) is 92.4 cm³/mol. The number of carboxylic acids is 1. The van der Waals surface area contributed by atoms with Crippen LogP contribution in [0.2, 0.25) is 0 Å². The Kier molecular flexibility index (Phi) is 4.54. The van der Waals surface area contributed by atoms with Gasteiger partial charge in [0.25, 0.3) is 5.91 Å². The van der Waals surface area contributed by atoms with E-state index in [1.165, 1.54) is 35.4 Å². The van der Waals surface area contributed by atoms with Crippen LogP contribution in [0.4, 0.5) is 4.39 Å². The van der Waals surface area contributed by atoms with Gasteiger partial charge in [0.1, 0.15) is 17.2 Å². The van der Waals surface area contributed by atoms with E-state index >= 15 is 0 Å². The highest BCUT2D eigenvalue weighted by Gasteiger charge is 2.20. The Hall–Kier alpha value is -2.74. The molecule has 0 unspecified atom stereocenters. The van der Waals surface area contributed by atoms with Crippen LogP contribution in [0.5, 0.6) is 0 Å². The molecule has 0 aliphatic rings. The zero-order valence-electron chi connectivity index (χ0n) is 13.7. The van der Waals surface area contributed by atoms with Crippen LogP contribution in [-0.4, -0.2) is 45.3 Å². The highest BCUT2D eigenvalue weighted by molar-refractivity contribution is 7.20. The molecular weight excluding hydrogens is 345 g/mol. The fraction of sp³-hybridized carbons (Fsp3) is 0.235. The molecule has 1 N–H and O–H groups in total. The highest BCUT2D eigenvalue weighted by Crippen LogP contribution is 2.29. The van der Waals surface area contributed by atoms with Crippen molar-refractivity contribution in [3.63, 3.8) is 0 Å². The van der Waals surface area contributed by atoms with Crippen molar-refractivity contribution in [3.05, 3.63) is 52.3 Å². The lowest BCUT2D eigenvalue weighted by Gasteiger charge is -2.12. The molecule has 0 saturated carbocycles. The van der Waals surface area contributed by atoms with Crippen molar-refractivity contribution in [2.75, 3.05) is 13.6 Å². The van der Waals surface area contributed by atoms with Crippen molar-refractivity contribution < 1.29 is 19.1 Å². The number of amides is 1. The van der Waals surface area contributed by atoms with Crippen LogP contribution >= 0.6 is 11.3 Å². The minimum Gasteiger partial charge on any atom is -0.480 e. The number of likely N-dealkylation sites (N-methyl/N-ethyl adjacent to an activating group) is 1. The van der Waals surface area contributed by atoms with Gasteiger partial charge in [0, 0.05) is 12.4 Å². The Morgan fingerprint density at radius 1 is 1.32 bits per heavy atom. The largest absolute Gasteiger partial charge is 0.480 e. The maximum absolute atomic E-state index is 13.0. The SMILES string of the molecule is Cc1nn(Cc2ccc(F)cc2)c2sc(C(=O)N(C)CC(=O)O)cc12. The summed E-state index contributed by atoms with van der Waals surface area (Å²) in [5.74, 6) is -1.69. The highest BCUT2D eigenvalue weighted by atomic mass is 32.1. The number of nitrogens with zero attached hydrogens (tertiary/aromatic N) is 3. The molecule has 8 heteroatoms. The van der Waals surface area contributed by atoms with E-state index in [-0.39, 0.29) is 18.3 Å². The Balaban J connectivity index is 1.91. The smallest absolute Gasteiger partial charge is 0.323 e. The maximum Gasteiger partial charge on any atom is 0.323 e. The summed E-state index contributed by atoms with van der Waals surface area (Å²) in [6.45, 7) is 1.96. The normalized spacial score (nSPS) is 11.0. The summed E-state index contributed by atoms with van der Waals surface area (Å²) in [6.07, 6.45) is 0. The van der Waals surface area contributed by atoms with E-state index in [4.69, 9.17) is 5.11 Å². The Bertz CT molecular complexity index is 946. The number of carbonyl (C=O) groups is 2. The van der Waals surface area contributed by atoms with Gasteiger partial charge in [-0.05, 0) is 30.7 Å². The van der Waals surface area contributed by atoms with E-state index in [9.17, 15) is 14.0 Å². The first-order valence-electron chi connectivity index (χ1n) is 7.54. The van der Waals surface area contributed by atoms with Crippen LogP contribution in [0.15, 0.2) is 30.3 Å². The van der Waals surface area contributed by atoms with Crippen LogP contribution < -0.4 is 0 Å². The number of thiophene rings is 1. The first-order valence-corrected chi connectivity index (χ1v) is 8.35. The van der Waals surface area contributed by atoms with Crippen LogP contribution in [0, 0.1) is 12.7 Å². The molecule has 3 aromatic rings. The first-order chi connectivity index (χ1) is 11.8. The number of aromatic nitrogens is 2. The number of aryl methyl sites for hydroxylation is 1. The van der Waals surface area contributed by atoms with E-state index < -0.39 is 5.97 Å². The maximum atomic E-state index is 13.0. The fourth-order valence-corrected chi connectivity index (χ4v) is 3.71. The lowest BCUT2D eigenvalue weighted by molar-refractivity contribution is -0.137. The van der Waals surface area contributed by atoms with E-state index in [1.54, 1.807) is 22.9 Å². The molecule has 0 aliphatic heterocycles. The number of benzene rings is 1. The van der Waals surface area contributed by atoms with Crippen molar-refractivity contribution in [2.45, 2.75) is 13.5 Å². The van der Waals surface area contributed by atoms with Crippen molar-refractivity contribution in [3.8, 4) is 0 Å². The average molecular weight is 361 g/mol. The van der Waals surface area contributed by atoms with Gasteiger partial charge in [0.05, 0.1) is 17.1 Å². The zero-order chi connectivity index (χ0) is 18.1. The average Bonchev–Trinajstić information content (AvgIpc) is 3.10.